The summed E-state index contributed by atoms with van der Waals surface area (Å²) in [5.41, 5.74) is 3.09. The van der Waals surface area contributed by atoms with Gasteiger partial charge in [0.25, 0.3) is 0 Å². The lowest BCUT2D eigenvalue weighted by Gasteiger charge is -2.27. The Kier molecular flexibility index (Phi) is 4.80. The molecule has 1 fully saturated rings. The maximum Gasteiger partial charge on any atom is 0.411 e. The van der Waals surface area contributed by atoms with E-state index in [2.05, 4.69) is 4.98 Å². The van der Waals surface area contributed by atoms with Crippen molar-refractivity contribution in [1.29, 1.82) is 0 Å². The van der Waals surface area contributed by atoms with E-state index in [-0.39, 0.29) is 12.6 Å². The number of benzene rings is 1. The molecular weight excluding hydrogens is 328 g/mol. The third kappa shape index (κ3) is 3.56. The van der Waals surface area contributed by atoms with Crippen LogP contribution >= 0.6 is 11.3 Å². The number of carboxylic acids is 1. The van der Waals surface area contributed by atoms with Crippen LogP contribution in [0.15, 0.2) is 35.8 Å². The minimum Gasteiger partial charge on any atom is -0.479 e. The lowest BCUT2D eigenvalue weighted by Crippen LogP contribution is -2.40. The predicted octanol–water partition coefficient (Wildman–Crippen LogP) is 3.38. The fourth-order valence-corrected chi connectivity index (χ4v) is 3.43. The summed E-state index contributed by atoms with van der Waals surface area (Å²) in [5, 5.41) is 9.68. The van der Waals surface area contributed by atoms with Gasteiger partial charge in [-0.2, -0.15) is 0 Å². The summed E-state index contributed by atoms with van der Waals surface area (Å²) in [6.45, 7) is 1.87. The number of thiazole rings is 1. The number of aromatic nitrogens is 1. The topological polar surface area (TPSA) is 79.7 Å². The van der Waals surface area contributed by atoms with E-state index >= 15 is 0 Å². The van der Waals surface area contributed by atoms with Crippen LogP contribution in [0.25, 0.3) is 0 Å². The van der Waals surface area contributed by atoms with Gasteiger partial charge in [-0.3, -0.25) is 4.90 Å². The molecule has 1 saturated carbocycles. The molecule has 1 aliphatic rings. The van der Waals surface area contributed by atoms with Crippen LogP contribution in [0.2, 0.25) is 0 Å². The average molecular weight is 346 g/mol. The van der Waals surface area contributed by atoms with Gasteiger partial charge in [-0.25, -0.2) is 14.6 Å². The Morgan fingerprint density at radius 1 is 1.38 bits per heavy atom. The summed E-state index contributed by atoms with van der Waals surface area (Å²) in [5.74, 6) is -1.06. The van der Waals surface area contributed by atoms with Crippen LogP contribution in [0.3, 0.4) is 0 Å². The van der Waals surface area contributed by atoms with Crippen LogP contribution in [0.4, 0.5) is 4.79 Å². The predicted molar refractivity (Wildman–Crippen MR) is 88.7 cm³/mol. The van der Waals surface area contributed by atoms with Crippen LogP contribution in [-0.4, -0.2) is 33.1 Å². The monoisotopic (exact) mass is 346 g/mol. The molecular formula is C17H18N2O4S. The maximum absolute atomic E-state index is 12.6. The molecule has 1 amide bonds. The lowest BCUT2D eigenvalue weighted by molar-refractivity contribution is -0.143. The smallest absolute Gasteiger partial charge is 0.411 e. The van der Waals surface area contributed by atoms with Crippen LogP contribution in [0.1, 0.15) is 35.0 Å². The van der Waals surface area contributed by atoms with Gasteiger partial charge in [0.05, 0.1) is 16.1 Å². The van der Waals surface area contributed by atoms with Crippen molar-refractivity contribution in [2.75, 3.05) is 0 Å². The van der Waals surface area contributed by atoms with Gasteiger partial charge in [0.2, 0.25) is 0 Å². The van der Waals surface area contributed by atoms with Gasteiger partial charge < -0.3 is 9.84 Å². The molecule has 1 aromatic heterocycles. The highest BCUT2D eigenvalue weighted by Gasteiger charge is 2.43. The molecule has 1 aromatic carbocycles. The molecule has 1 N–H and O–H groups in total. The number of aliphatic carboxylic acids is 1. The first-order valence-electron chi connectivity index (χ1n) is 7.69. The Morgan fingerprint density at radius 3 is 2.62 bits per heavy atom. The molecule has 6 nitrogen and oxygen atoms in total. The number of nitrogens with zero attached hydrogens (tertiary/aromatic N) is 2. The van der Waals surface area contributed by atoms with Crippen molar-refractivity contribution in [3.8, 4) is 0 Å². The third-order valence-corrected chi connectivity index (χ3v) is 4.88. The van der Waals surface area contributed by atoms with E-state index in [1.54, 1.807) is 12.4 Å². The molecule has 1 atom stereocenters. The first-order chi connectivity index (χ1) is 11.6. The number of carbonyl (C=O) groups is 2. The fraction of sp³-hybridized carbons (Fsp3) is 0.353. The van der Waals surface area contributed by atoms with Crippen molar-refractivity contribution >= 4 is 23.4 Å². The van der Waals surface area contributed by atoms with Gasteiger partial charge in [-0.05, 0) is 25.3 Å². The van der Waals surface area contributed by atoms with Crippen molar-refractivity contribution in [3.05, 3.63) is 52.0 Å². The molecule has 0 aliphatic heterocycles. The molecule has 3 rings (SSSR count). The van der Waals surface area contributed by atoms with E-state index in [4.69, 9.17) is 4.74 Å². The molecule has 0 spiro atoms. The van der Waals surface area contributed by atoms with Crippen molar-refractivity contribution < 1.29 is 19.4 Å². The van der Waals surface area contributed by atoms with E-state index < -0.39 is 18.1 Å². The van der Waals surface area contributed by atoms with Gasteiger partial charge in [-0.15, -0.1) is 11.3 Å². The zero-order valence-electron chi connectivity index (χ0n) is 13.2. The first-order valence-corrected chi connectivity index (χ1v) is 8.57. The van der Waals surface area contributed by atoms with Gasteiger partial charge >= 0.3 is 12.1 Å². The molecule has 0 radical (unpaired) electrons. The highest BCUT2D eigenvalue weighted by molar-refractivity contribution is 7.10. The fourth-order valence-electron chi connectivity index (χ4n) is 2.54. The van der Waals surface area contributed by atoms with Gasteiger partial charge in [0.1, 0.15) is 6.61 Å². The Labute approximate surface area is 143 Å². The molecule has 7 heteroatoms. The second-order valence-electron chi connectivity index (χ2n) is 5.72. The second-order valence-corrected chi connectivity index (χ2v) is 6.61. The summed E-state index contributed by atoms with van der Waals surface area (Å²) < 4.78 is 5.37. The molecule has 1 unspecified atom stereocenters. The highest BCUT2D eigenvalue weighted by Crippen LogP contribution is 2.37. The molecule has 2 aromatic rings. The Hall–Kier alpha value is -2.41. The zero-order valence-corrected chi connectivity index (χ0v) is 14.0. The van der Waals surface area contributed by atoms with E-state index in [0.717, 1.165) is 18.4 Å². The number of aryl methyl sites for hydroxylation is 1. The summed E-state index contributed by atoms with van der Waals surface area (Å²) in [6, 6.07) is 8.19. The SMILES string of the molecule is Cc1ncsc1C(C(=O)O)N(C(=O)OCc1ccccc1)C1CC1. The van der Waals surface area contributed by atoms with Crippen LogP contribution in [-0.2, 0) is 16.1 Å². The molecule has 126 valence electrons. The molecule has 1 aliphatic carbocycles. The third-order valence-electron chi connectivity index (χ3n) is 3.90. The Balaban J connectivity index is 1.79. The molecule has 1 heterocycles. The van der Waals surface area contributed by atoms with E-state index in [1.165, 1.54) is 16.2 Å². The summed E-state index contributed by atoms with van der Waals surface area (Å²) in [6.07, 6.45) is 0.992. The zero-order chi connectivity index (χ0) is 17.1. The van der Waals surface area contributed by atoms with Crippen molar-refractivity contribution in [2.45, 2.75) is 38.5 Å². The Bertz CT molecular complexity index is 727. The van der Waals surface area contributed by atoms with E-state index in [1.807, 2.05) is 30.3 Å². The molecule has 0 saturated heterocycles. The largest absolute Gasteiger partial charge is 0.479 e. The van der Waals surface area contributed by atoms with Gasteiger partial charge in [0, 0.05) is 6.04 Å². The number of ether oxygens (including phenoxy) is 1. The molecule has 0 bridgehead atoms. The number of carbonyl (C=O) groups excluding carboxylic acids is 1. The van der Waals surface area contributed by atoms with Crippen molar-refractivity contribution in [3.63, 3.8) is 0 Å². The minimum atomic E-state index is -1.06. The maximum atomic E-state index is 12.6. The van der Waals surface area contributed by atoms with Crippen molar-refractivity contribution in [2.24, 2.45) is 0 Å². The number of rotatable bonds is 6. The highest BCUT2D eigenvalue weighted by atomic mass is 32.1. The van der Waals surface area contributed by atoms with Crippen LogP contribution in [0, 0.1) is 6.92 Å². The van der Waals surface area contributed by atoms with Gasteiger partial charge in [-0.1, -0.05) is 30.3 Å². The number of amides is 1. The average Bonchev–Trinajstić information content (AvgIpc) is 3.32. The van der Waals surface area contributed by atoms with E-state index in [9.17, 15) is 14.7 Å². The summed E-state index contributed by atoms with van der Waals surface area (Å²) in [4.78, 5) is 30.4. The normalized spacial score (nSPS) is 14.9. The lowest BCUT2D eigenvalue weighted by atomic mass is 10.2. The van der Waals surface area contributed by atoms with Crippen LogP contribution in [0.5, 0.6) is 0 Å². The first kappa shape index (κ1) is 16.4. The second kappa shape index (κ2) is 7.00. The Morgan fingerprint density at radius 2 is 2.08 bits per heavy atom. The number of hydrogen-bond acceptors (Lipinski definition) is 5. The summed E-state index contributed by atoms with van der Waals surface area (Å²) in [7, 11) is 0. The summed E-state index contributed by atoms with van der Waals surface area (Å²) >= 11 is 1.25. The number of carboxylic acid groups (broad SMARTS) is 1. The quantitative estimate of drug-likeness (QED) is 0.867. The number of hydrogen-bond donors (Lipinski definition) is 1. The van der Waals surface area contributed by atoms with Gasteiger partial charge in [0.15, 0.2) is 6.04 Å². The molecule has 24 heavy (non-hydrogen) atoms. The minimum absolute atomic E-state index is 0.0872. The van der Waals surface area contributed by atoms with E-state index in [0.29, 0.717) is 10.6 Å². The van der Waals surface area contributed by atoms with Crippen molar-refractivity contribution in [1.82, 2.24) is 9.88 Å². The standard InChI is InChI=1S/C17H18N2O4S/c1-11-15(24-10-18-11)14(16(20)21)19(13-7-8-13)17(22)23-9-12-5-3-2-4-6-12/h2-6,10,13-14H,7-9H2,1H3,(H,20,21). The van der Waals surface area contributed by atoms with Crippen LogP contribution < -0.4 is 0 Å².